The van der Waals surface area contributed by atoms with E-state index < -0.39 is 35.1 Å². The predicted molar refractivity (Wildman–Crippen MR) is 155 cm³/mol. The lowest BCUT2D eigenvalue weighted by atomic mass is 9.77. The lowest BCUT2D eigenvalue weighted by molar-refractivity contribution is -0.137. The Morgan fingerprint density at radius 1 is 1.14 bits per heavy atom. The van der Waals surface area contributed by atoms with Gasteiger partial charge in [-0.3, -0.25) is 28.8 Å². The van der Waals surface area contributed by atoms with Crippen LogP contribution in [0.25, 0.3) is 0 Å². The second-order valence-electron chi connectivity index (χ2n) is 11.5. The van der Waals surface area contributed by atoms with Gasteiger partial charge in [-0.1, -0.05) is 0 Å². The van der Waals surface area contributed by atoms with Gasteiger partial charge in [-0.25, -0.2) is 0 Å². The summed E-state index contributed by atoms with van der Waals surface area (Å²) in [5.41, 5.74) is 1.49. The minimum Gasteiger partial charge on any atom is -0.385 e. The lowest BCUT2D eigenvalue weighted by Crippen LogP contribution is -2.53. The fourth-order valence-corrected chi connectivity index (χ4v) is 6.22. The van der Waals surface area contributed by atoms with Gasteiger partial charge in [-0.15, -0.1) is 0 Å². The van der Waals surface area contributed by atoms with Gasteiger partial charge in [-0.2, -0.15) is 0 Å². The number of aromatic nitrogens is 1. The van der Waals surface area contributed by atoms with Crippen LogP contribution in [0.5, 0.6) is 0 Å². The molecule has 12 nitrogen and oxygen atoms in total. The van der Waals surface area contributed by atoms with E-state index in [1.54, 1.807) is 18.2 Å². The maximum atomic E-state index is 13.4. The average molecular weight is 577 g/mol. The Morgan fingerprint density at radius 3 is 2.69 bits per heavy atom. The van der Waals surface area contributed by atoms with Gasteiger partial charge < -0.3 is 31.2 Å². The van der Waals surface area contributed by atoms with E-state index in [-0.39, 0.29) is 36.5 Å². The highest BCUT2D eigenvalue weighted by atomic mass is 16.2. The number of fused-ring (bicyclic) bond motifs is 2. The molecule has 222 valence electrons. The molecule has 6 rings (SSSR count). The molecule has 4 amide bonds. The van der Waals surface area contributed by atoms with Gasteiger partial charge in [0, 0.05) is 43.0 Å². The van der Waals surface area contributed by atoms with Crippen molar-refractivity contribution >= 4 is 40.8 Å². The largest absolute Gasteiger partial charge is 0.385 e. The number of likely N-dealkylation sites (N-methyl/N-ethyl adjacent to an activating group) is 1. The molecule has 2 heterocycles. The van der Waals surface area contributed by atoms with Crippen molar-refractivity contribution in [3.8, 4) is 0 Å². The van der Waals surface area contributed by atoms with E-state index in [1.165, 1.54) is 23.9 Å². The molecule has 2 bridgehead atoms. The van der Waals surface area contributed by atoms with Crippen molar-refractivity contribution in [2.75, 3.05) is 24.2 Å². The van der Waals surface area contributed by atoms with Crippen LogP contribution in [-0.2, 0) is 32.1 Å². The zero-order chi connectivity index (χ0) is 29.9. The highest BCUT2D eigenvalue weighted by Gasteiger charge is 2.50. The second-order valence-corrected chi connectivity index (χ2v) is 11.5. The number of pyridine rings is 1. The number of anilines is 2. The molecule has 0 unspecified atom stereocenters. The number of nitrogens with zero attached hydrogens (tertiary/aromatic N) is 1. The maximum absolute atomic E-state index is 13.4. The highest BCUT2D eigenvalue weighted by Crippen LogP contribution is 2.51. The third-order valence-corrected chi connectivity index (χ3v) is 8.45. The molecular weight excluding hydrogens is 540 g/mol. The molecule has 4 aliphatic rings. The molecule has 12 heteroatoms. The van der Waals surface area contributed by atoms with Gasteiger partial charge in [0.15, 0.2) is 0 Å². The van der Waals surface area contributed by atoms with Gasteiger partial charge >= 0.3 is 0 Å². The molecule has 1 atom stereocenters. The molecule has 0 radical (unpaired) electrons. The molecule has 3 saturated carbocycles. The van der Waals surface area contributed by atoms with Crippen LogP contribution >= 0.6 is 0 Å². The normalized spacial score (nSPS) is 20.6. The van der Waals surface area contributed by atoms with Gasteiger partial charge in [0.25, 0.3) is 17.4 Å². The molecule has 42 heavy (non-hydrogen) atoms. The van der Waals surface area contributed by atoms with E-state index in [2.05, 4.69) is 26.6 Å². The highest BCUT2D eigenvalue weighted by molar-refractivity contribution is 6.36. The topological polar surface area (TPSA) is 168 Å². The molecule has 2 aromatic rings. The number of ketones is 1. The van der Waals surface area contributed by atoms with Gasteiger partial charge in [0.2, 0.25) is 17.6 Å². The van der Waals surface area contributed by atoms with E-state index in [0.29, 0.717) is 11.5 Å². The number of carbonyl (C=O) groups is 5. The fraction of sp³-hybridized carbons (Fsp3) is 0.467. The Morgan fingerprint density at radius 2 is 1.95 bits per heavy atom. The minimum atomic E-state index is -1.22. The lowest BCUT2D eigenvalue weighted by Gasteiger charge is -2.39. The van der Waals surface area contributed by atoms with Crippen molar-refractivity contribution in [3.63, 3.8) is 0 Å². The van der Waals surface area contributed by atoms with E-state index in [9.17, 15) is 28.8 Å². The summed E-state index contributed by atoms with van der Waals surface area (Å²) in [5.74, 6) is -2.38. The Hall–Kier alpha value is -4.48. The summed E-state index contributed by atoms with van der Waals surface area (Å²) in [6, 6.07) is 6.95. The summed E-state index contributed by atoms with van der Waals surface area (Å²) in [4.78, 5) is 76.2. The first-order chi connectivity index (χ1) is 20.2. The molecule has 0 saturated heterocycles. The number of Topliss-reactive ketones (excluding diaryl/α,β-unsaturated/α-hetero) is 1. The standard InChI is InChI=1S/C30H36N6O6/c1-31-28(41)24(37)9-8-22(33-26(39)20-6-7-21-19(14-20)4-2-12-32-21)27(40)34-23-5-3-13-36(29(23)42)17-25(38)35-30-11-10-18(15-30)16-30/h3,5-7,13-14,18,22,32H,2,4,8-12,15-17H2,1H3,(H,31,41)(H,33,39)(H,34,40)(H,35,38)/t18?,22-,30?/m0/s1. The fourth-order valence-electron chi connectivity index (χ4n) is 6.22. The summed E-state index contributed by atoms with van der Waals surface area (Å²) >= 11 is 0. The first-order valence-corrected chi connectivity index (χ1v) is 14.4. The van der Waals surface area contributed by atoms with Gasteiger partial charge in [-0.05, 0) is 86.8 Å². The summed E-state index contributed by atoms with van der Waals surface area (Å²) in [7, 11) is 1.33. The predicted octanol–water partition coefficient (Wildman–Crippen LogP) is 1.10. The maximum Gasteiger partial charge on any atom is 0.287 e. The Kier molecular flexibility index (Phi) is 8.41. The Balaban J connectivity index is 1.28. The van der Waals surface area contributed by atoms with Crippen LogP contribution in [-0.4, -0.2) is 59.2 Å². The molecule has 3 aliphatic carbocycles. The van der Waals surface area contributed by atoms with Crippen molar-refractivity contribution in [3.05, 3.63) is 58.0 Å². The third-order valence-electron chi connectivity index (χ3n) is 8.45. The van der Waals surface area contributed by atoms with Crippen molar-refractivity contribution in [1.82, 2.24) is 20.5 Å². The van der Waals surface area contributed by atoms with Gasteiger partial charge in [0.05, 0.1) is 0 Å². The van der Waals surface area contributed by atoms with Crippen molar-refractivity contribution < 1.29 is 24.0 Å². The molecular formula is C30H36N6O6. The van der Waals surface area contributed by atoms with E-state index >= 15 is 0 Å². The number of benzene rings is 1. The summed E-state index contributed by atoms with van der Waals surface area (Å²) in [6.45, 7) is 0.663. The first kappa shape index (κ1) is 29.0. The number of rotatable bonds is 11. The minimum absolute atomic E-state index is 0.0743. The summed E-state index contributed by atoms with van der Waals surface area (Å²) < 4.78 is 1.22. The van der Waals surface area contributed by atoms with Crippen LogP contribution < -0.4 is 32.1 Å². The quantitative estimate of drug-likeness (QED) is 0.250. The zero-order valence-corrected chi connectivity index (χ0v) is 23.6. The number of carbonyl (C=O) groups excluding carboxylic acids is 5. The SMILES string of the molecule is CNC(=O)C(=O)CC[C@H](NC(=O)c1ccc2c(c1)CCCN2)C(=O)Nc1cccn(CC(=O)NC23CCC(C2)C3)c1=O. The number of hydrogen-bond acceptors (Lipinski definition) is 7. The van der Waals surface area contributed by atoms with Crippen LogP contribution in [0.3, 0.4) is 0 Å². The summed E-state index contributed by atoms with van der Waals surface area (Å²) in [6.07, 6.45) is 6.76. The molecule has 5 N–H and O–H groups in total. The van der Waals surface area contributed by atoms with Crippen LogP contribution in [0.1, 0.15) is 60.9 Å². The second kappa shape index (κ2) is 12.2. The van der Waals surface area contributed by atoms with Crippen molar-refractivity contribution in [1.29, 1.82) is 0 Å². The molecule has 0 spiro atoms. The third kappa shape index (κ3) is 6.37. The van der Waals surface area contributed by atoms with E-state index in [1.807, 2.05) is 6.07 Å². The Bertz CT molecular complexity index is 1470. The van der Waals surface area contributed by atoms with E-state index in [0.717, 1.165) is 56.3 Å². The molecule has 3 fully saturated rings. The van der Waals surface area contributed by atoms with Crippen molar-refractivity contribution in [2.45, 2.75) is 69.5 Å². The molecule has 1 aromatic heterocycles. The first-order valence-electron chi connectivity index (χ1n) is 14.4. The van der Waals surface area contributed by atoms with Crippen LogP contribution in [0, 0.1) is 5.92 Å². The number of nitrogens with one attached hydrogen (secondary N) is 5. The Labute approximate surface area is 243 Å². The van der Waals surface area contributed by atoms with Crippen molar-refractivity contribution in [2.24, 2.45) is 5.92 Å². The smallest absolute Gasteiger partial charge is 0.287 e. The number of aryl methyl sites for hydroxylation is 1. The summed E-state index contributed by atoms with van der Waals surface area (Å²) in [5, 5.41) is 13.8. The number of amides is 4. The van der Waals surface area contributed by atoms with E-state index in [4.69, 9.17) is 0 Å². The van der Waals surface area contributed by atoms with Crippen LogP contribution in [0.4, 0.5) is 11.4 Å². The number of hydrogen-bond donors (Lipinski definition) is 5. The monoisotopic (exact) mass is 576 g/mol. The molecule has 1 aliphatic heterocycles. The van der Waals surface area contributed by atoms with Gasteiger partial charge in [0.1, 0.15) is 18.3 Å². The van der Waals surface area contributed by atoms with Crippen LogP contribution in [0.2, 0.25) is 0 Å². The average Bonchev–Trinajstić information content (AvgIpc) is 3.57. The zero-order valence-electron chi connectivity index (χ0n) is 23.6. The van der Waals surface area contributed by atoms with Crippen LogP contribution in [0.15, 0.2) is 41.3 Å². The molecule has 1 aromatic carbocycles.